The maximum absolute atomic E-state index is 12.7. The highest BCUT2D eigenvalue weighted by molar-refractivity contribution is 7.92. The fourth-order valence-corrected chi connectivity index (χ4v) is 4.73. The Morgan fingerprint density at radius 2 is 1.75 bits per heavy atom. The van der Waals surface area contributed by atoms with Crippen LogP contribution in [0.25, 0.3) is 0 Å². The van der Waals surface area contributed by atoms with Crippen LogP contribution in [-0.2, 0) is 10.0 Å². The van der Waals surface area contributed by atoms with Crippen LogP contribution in [0.4, 0.5) is 11.5 Å². The minimum Gasteiger partial charge on any atom is -0.478 e. The lowest BCUT2D eigenvalue weighted by atomic mass is 10.1. The maximum Gasteiger partial charge on any atom is 0.339 e. The van der Waals surface area contributed by atoms with Crippen LogP contribution >= 0.6 is 0 Å². The van der Waals surface area contributed by atoms with Gasteiger partial charge in [-0.2, -0.15) is 0 Å². The minimum absolute atomic E-state index is 0.00515. The molecule has 0 unspecified atom stereocenters. The van der Waals surface area contributed by atoms with Gasteiger partial charge >= 0.3 is 5.97 Å². The van der Waals surface area contributed by atoms with Gasteiger partial charge in [-0.05, 0) is 37.5 Å². The number of nitrogens with one attached hydrogen (secondary N) is 1. The van der Waals surface area contributed by atoms with Crippen molar-refractivity contribution < 1.29 is 18.3 Å². The Labute approximate surface area is 165 Å². The molecule has 0 spiro atoms. The number of carbonyl (C=O) groups is 1. The first-order valence-electron chi connectivity index (χ1n) is 9.45. The van der Waals surface area contributed by atoms with Gasteiger partial charge in [0.2, 0.25) is 0 Å². The fraction of sp³-hybridized carbons (Fsp3) is 0.400. The topological polar surface area (TPSA) is 99.6 Å². The maximum atomic E-state index is 12.7. The smallest absolute Gasteiger partial charge is 0.339 e. The van der Waals surface area contributed by atoms with Crippen LogP contribution in [0.15, 0.2) is 41.4 Å². The van der Waals surface area contributed by atoms with E-state index in [1.54, 1.807) is 25.1 Å². The summed E-state index contributed by atoms with van der Waals surface area (Å²) in [5.41, 5.74) is 0.751. The molecule has 28 heavy (non-hydrogen) atoms. The Kier molecular flexibility index (Phi) is 6.18. The van der Waals surface area contributed by atoms with Crippen molar-refractivity contribution in [1.82, 2.24) is 4.98 Å². The van der Waals surface area contributed by atoms with Crippen molar-refractivity contribution in [1.29, 1.82) is 0 Å². The number of aryl methyl sites for hydroxylation is 1. The lowest BCUT2D eigenvalue weighted by Gasteiger charge is -2.27. The van der Waals surface area contributed by atoms with Crippen LogP contribution in [0.5, 0.6) is 0 Å². The van der Waals surface area contributed by atoms with E-state index in [1.807, 2.05) is 4.90 Å². The van der Waals surface area contributed by atoms with Gasteiger partial charge in [0.05, 0.1) is 16.8 Å². The van der Waals surface area contributed by atoms with E-state index in [4.69, 9.17) is 0 Å². The third-order valence-electron chi connectivity index (χ3n) is 4.89. The van der Waals surface area contributed by atoms with Gasteiger partial charge < -0.3 is 10.0 Å². The molecule has 1 fully saturated rings. The molecule has 0 aliphatic carbocycles. The SMILES string of the molecule is Cc1ccccc1S(=O)(=O)Nc1cnc(N2CCCCCCC2)c(C(=O)O)c1. The number of carboxylic acid groups (broad SMARTS) is 1. The second-order valence-corrected chi connectivity index (χ2v) is 8.68. The number of aromatic carboxylic acids is 1. The molecule has 1 aliphatic heterocycles. The normalized spacial score (nSPS) is 15.5. The quantitative estimate of drug-likeness (QED) is 0.790. The number of nitrogens with zero attached hydrogens (tertiary/aromatic N) is 2. The average molecular weight is 404 g/mol. The van der Waals surface area contributed by atoms with Crippen molar-refractivity contribution in [2.24, 2.45) is 0 Å². The molecule has 8 heteroatoms. The summed E-state index contributed by atoms with van der Waals surface area (Å²) >= 11 is 0. The fourth-order valence-electron chi connectivity index (χ4n) is 3.45. The van der Waals surface area contributed by atoms with Gasteiger partial charge in [0.15, 0.2) is 0 Å². The predicted octanol–water partition coefficient (Wildman–Crippen LogP) is 3.66. The van der Waals surface area contributed by atoms with Crippen LogP contribution in [0.2, 0.25) is 0 Å². The number of aromatic nitrogens is 1. The molecule has 2 heterocycles. The average Bonchev–Trinajstić information content (AvgIpc) is 2.61. The Balaban J connectivity index is 1.90. The van der Waals surface area contributed by atoms with Crippen LogP contribution in [-0.4, -0.2) is 37.6 Å². The summed E-state index contributed by atoms with van der Waals surface area (Å²) in [6, 6.07) is 7.97. The zero-order valence-corrected chi connectivity index (χ0v) is 16.7. The van der Waals surface area contributed by atoms with E-state index >= 15 is 0 Å². The van der Waals surface area contributed by atoms with Gasteiger partial charge in [0.25, 0.3) is 10.0 Å². The zero-order chi connectivity index (χ0) is 20.1. The molecule has 1 saturated heterocycles. The van der Waals surface area contributed by atoms with E-state index in [-0.39, 0.29) is 16.1 Å². The summed E-state index contributed by atoms with van der Waals surface area (Å²) in [5, 5.41) is 9.66. The van der Waals surface area contributed by atoms with Gasteiger partial charge in [0, 0.05) is 13.1 Å². The first kappa shape index (κ1) is 20.1. The third kappa shape index (κ3) is 4.62. The van der Waals surface area contributed by atoms with E-state index in [0.29, 0.717) is 11.4 Å². The van der Waals surface area contributed by atoms with Crippen molar-refractivity contribution >= 4 is 27.5 Å². The summed E-state index contributed by atoms with van der Waals surface area (Å²) < 4.78 is 27.8. The van der Waals surface area contributed by atoms with E-state index in [1.165, 1.54) is 24.8 Å². The number of hydrogen-bond acceptors (Lipinski definition) is 5. The van der Waals surface area contributed by atoms with Gasteiger partial charge in [-0.25, -0.2) is 18.2 Å². The molecule has 2 N–H and O–H groups in total. The van der Waals surface area contributed by atoms with Gasteiger partial charge in [-0.15, -0.1) is 0 Å². The molecule has 0 atom stereocenters. The number of benzene rings is 1. The molecule has 1 aliphatic rings. The number of anilines is 2. The number of pyridine rings is 1. The van der Waals surface area contributed by atoms with Crippen molar-refractivity contribution in [2.45, 2.75) is 43.9 Å². The van der Waals surface area contributed by atoms with Gasteiger partial charge in [-0.1, -0.05) is 37.5 Å². The molecule has 0 radical (unpaired) electrons. The lowest BCUT2D eigenvalue weighted by Crippen LogP contribution is -2.29. The highest BCUT2D eigenvalue weighted by Crippen LogP contribution is 2.26. The van der Waals surface area contributed by atoms with Crippen LogP contribution in [0.1, 0.15) is 48.0 Å². The Morgan fingerprint density at radius 1 is 1.11 bits per heavy atom. The largest absolute Gasteiger partial charge is 0.478 e. The lowest BCUT2D eigenvalue weighted by molar-refractivity contribution is 0.0697. The van der Waals surface area contributed by atoms with Gasteiger partial charge in [0.1, 0.15) is 11.4 Å². The van der Waals surface area contributed by atoms with E-state index < -0.39 is 16.0 Å². The summed E-state index contributed by atoms with van der Waals surface area (Å²) in [6.07, 6.45) is 6.80. The monoisotopic (exact) mass is 403 g/mol. The van der Waals surface area contributed by atoms with Crippen molar-refractivity contribution in [3.63, 3.8) is 0 Å². The van der Waals surface area contributed by atoms with Gasteiger partial charge in [-0.3, -0.25) is 4.72 Å². The Hall–Kier alpha value is -2.61. The van der Waals surface area contributed by atoms with Crippen molar-refractivity contribution in [2.75, 3.05) is 22.7 Å². The standard InChI is InChI=1S/C20H25N3O4S/c1-15-9-5-6-10-18(15)28(26,27)22-16-13-17(20(24)25)19(21-14-16)23-11-7-3-2-4-8-12-23/h5-6,9-10,13-14,22H,2-4,7-8,11-12H2,1H3,(H,24,25). The Bertz CT molecular complexity index is 952. The molecular weight excluding hydrogens is 378 g/mol. The summed E-state index contributed by atoms with van der Waals surface area (Å²) in [5.74, 6) is -0.727. The predicted molar refractivity (Wildman–Crippen MR) is 108 cm³/mol. The molecule has 1 aromatic carbocycles. The number of carboxylic acids is 1. The molecular formula is C20H25N3O4S. The number of hydrogen-bond donors (Lipinski definition) is 2. The highest BCUT2D eigenvalue weighted by Gasteiger charge is 2.22. The number of sulfonamides is 1. The highest BCUT2D eigenvalue weighted by atomic mass is 32.2. The van der Waals surface area contributed by atoms with Crippen LogP contribution < -0.4 is 9.62 Å². The molecule has 3 rings (SSSR count). The molecule has 7 nitrogen and oxygen atoms in total. The molecule has 0 saturated carbocycles. The Morgan fingerprint density at radius 3 is 2.39 bits per heavy atom. The molecule has 1 aromatic heterocycles. The second-order valence-electron chi connectivity index (χ2n) is 7.03. The summed E-state index contributed by atoms with van der Waals surface area (Å²) in [7, 11) is -3.83. The first-order valence-corrected chi connectivity index (χ1v) is 10.9. The first-order chi connectivity index (χ1) is 13.4. The zero-order valence-electron chi connectivity index (χ0n) is 15.9. The number of rotatable bonds is 5. The van der Waals surface area contributed by atoms with E-state index in [9.17, 15) is 18.3 Å². The second kappa shape index (κ2) is 8.60. The summed E-state index contributed by atoms with van der Waals surface area (Å²) in [4.78, 5) is 18.3. The van der Waals surface area contributed by atoms with Crippen LogP contribution in [0, 0.1) is 6.92 Å². The summed E-state index contributed by atoms with van der Waals surface area (Å²) in [6.45, 7) is 3.21. The molecule has 0 amide bonds. The molecule has 2 aromatic rings. The molecule has 0 bridgehead atoms. The van der Waals surface area contributed by atoms with E-state index in [0.717, 1.165) is 38.8 Å². The van der Waals surface area contributed by atoms with Crippen molar-refractivity contribution in [3.05, 3.63) is 47.7 Å². The van der Waals surface area contributed by atoms with E-state index in [2.05, 4.69) is 9.71 Å². The molecule has 150 valence electrons. The van der Waals surface area contributed by atoms with Crippen molar-refractivity contribution in [3.8, 4) is 0 Å². The minimum atomic E-state index is -3.83. The third-order valence-corrected chi connectivity index (χ3v) is 6.43. The van der Waals surface area contributed by atoms with Crippen LogP contribution in [0.3, 0.4) is 0 Å².